The van der Waals surface area contributed by atoms with E-state index in [-0.39, 0.29) is 18.1 Å². The van der Waals surface area contributed by atoms with Gasteiger partial charge in [0.2, 0.25) is 5.91 Å². The largest absolute Gasteiger partial charge is 0.508 e. The summed E-state index contributed by atoms with van der Waals surface area (Å²) in [5.74, 6) is 0.182. The number of phenols is 1. The number of benzene rings is 2. The van der Waals surface area contributed by atoms with E-state index < -0.39 is 0 Å². The predicted molar refractivity (Wildman–Crippen MR) is 80.0 cm³/mol. The van der Waals surface area contributed by atoms with Crippen molar-refractivity contribution in [2.75, 3.05) is 6.54 Å². The van der Waals surface area contributed by atoms with Gasteiger partial charge in [0, 0.05) is 11.6 Å². The molecule has 2 rings (SSSR count). The number of nitrogens with one attached hydrogen (secondary N) is 1. The van der Waals surface area contributed by atoms with E-state index in [9.17, 15) is 9.90 Å². The molecule has 0 saturated heterocycles. The van der Waals surface area contributed by atoms with Crippen molar-refractivity contribution in [2.45, 2.75) is 12.8 Å². The molecular weight excluding hydrogens is 274 g/mol. The molecule has 2 aromatic rings. The van der Waals surface area contributed by atoms with Gasteiger partial charge in [0.25, 0.3) is 0 Å². The first kappa shape index (κ1) is 14.4. The Labute approximate surface area is 123 Å². The smallest absolute Gasteiger partial charge is 0.224 e. The average molecular weight is 290 g/mol. The highest BCUT2D eigenvalue weighted by Crippen LogP contribution is 2.16. The molecule has 2 N–H and O–H groups in total. The average Bonchev–Trinajstić information content (AvgIpc) is 2.43. The summed E-state index contributed by atoms with van der Waals surface area (Å²) < 4.78 is 0. The Kier molecular flexibility index (Phi) is 5.02. The zero-order chi connectivity index (χ0) is 14.4. The van der Waals surface area contributed by atoms with Gasteiger partial charge in [-0.2, -0.15) is 0 Å². The van der Waals surface area contributed by atoms with Crippen LogP contribution in [0.1, 0.15) is 11.1 Å². The first-order valence-electron chi connectivity index (χ1n) is 6.44. The Morgan fingerprint density at radius 2 is 1.70 bits per heavy atom. The molecule has 0 spiro atoms. The second-order valence-corrected chi connectivity index (χ2v) is 4.90. The van der Waals surface area contributed by atoms with E-state index in [0.29, 0.717) is 18.0 Å². The van der Waals surface area contributed by atoms with Crippen LogP contribution in [0.5, 0.6) is 5.75 Å². The number of rotatable bonds is 5. The van der Waals surface area contributed by atoms with Gasteiger partial charge in [-0.3, -0.25) is 4.79 Å². The van der Waals surface area contributed by atoms with Crippen LogP contribution in [0.2, 0.25) is 5.02 Å². The molecule has 0 fully saturated rings. The molecule has 0 atom stereocenters. The monoisotopic (exact) mass is 289 g/mol. The van der Waals surface area contributed by atoms with Crippen molar-refractivity contribution in [2.24, 2.45) is 0 Å². The quantitative estimate of drug-likeness (QED) is 0.889. The molecule has 0 bridgehead atoms. The normalized spacial score (nSPS) is 10.2. The SMILES string of the molecule is O=C(Cc1ccccc1Cl)NCCc1ccccc1O. The summed E-state index contributed by atoms with van der Waals surface area (Å²) in [5.41, 5.74) is 1.64. The Balaban J connectivity index is 1.82. The number of hydrogen-bond acceptors (Lipinski definition) is 2. The van der Waals surface area contributed by atoms with Crippen LogP contribution in [-0.2, 0) is 17.6 Å². The van der Waals surface area contributed by atoms with Crippen LogP contribution >= 0.6 is 11.6 Å². The van der Waals surface area contributed by atoms with Gasteiger partial charge in [-0.25, -0.2) is 0 Å². The molecule has 2 aromatic carbocycles. The summed E-state index contributed by atoms with van der Waals surface area (Å²) in [6.07, 6.45) is 0.862. The van der Waals surface area contributed by atoms with Crippen LogP contribution in [-0.4, -0.2) is 17.6 Å². The predicted octanol–water partition coefficient (Wildman–Crippen LogP) is 2.95. The Bertz CT molecular complexity index is 599. The van der Waals surface area contributed by atoms with Crippen LogP contribution in [0.4, 0.5) is 0 Å². The van der Waals surface area contributed by atoms with Crippen molar-refractivity contribution in [3.63, 3.8) is 0 Å². The van der Waals surface area contributed by atoms with Crippen molar-refractivity contribution in [1.29, 1.82) is 0 Å². The van der Waals surface area contributed by atoms with E-state index in [1.165, 1.54) is 0 Å². The van der Waals surface area contributed by atoms with Gasteiger partial charge in [-0.05, 0) is 29.7 Å². The van der Waals surface area contributed by atoms with Gasteiger partial charge in [0.1, 0.15) is 5.75 Å². The molecule has 3 nitrogen and oxygen atoms in total. The van der Waals surface area contributed by atoms with E-state index in [4.69, 9.17) is 11.6 Å². The second kappa shape index (κ2) is 6.96. The number of phenolic OH excluding ortho intramolecular Hbond substituents is 1. The lowest BCUT2D eigenvalue weighted by atomic mass is 10.1. The first-order valence-corrected chi connectivity index (χ1v) is 6.81. The van der Waals surface area contributed by atoms with E-state index in [2.05, 4.69) is 5.32 Å². The minimum absolute atomic E-state index is 0.0754. The fraction of sp³-hybridized carbons (Fsp3) is 0.188. The van der Waals surface area contributed by atoms with Crippen molar-refractivity contribution in [3.8, 4) is 5.75 Å². The Hall–Kier alpha value is -2.00. The van der Waals surface area contributed by atoms with Crippen LogP contribution in [0.25, 0.3) is 0 Å². The summed E-state index contributed by atoms with van der Waals surface area (Å²) in [5, 5.41) is 13.0. The molecule has 0 aliphatic carbocycles. The van der Waals surface area contributed by atoms with Crippen molar-refractivity contribution >= 4 is 17.5 Å². The number of halogens is 1. The lowest BCUT2D eigenvalue weighted by molar-refractivity contribution is -0.120. The second-order valence-electron chi connectivity index (χ2n) is 4.50. The topological polar surface area (TPSA) is 49.3 Å². The maximum Gasteiger partial charge on any atom is 0.224 e. The standard InChI is InChI=1S/C16H16ClNO2/c17-14-7-3-1-6-13(14)11-16(20)18-10-9-12-5-2-4-8-15(12)19/h1-8,19H,9-11H2,(H,18,20). The lowest BCUT2D eigenvalue weighted by Gasteiger charge is -2.07. The van der Waals surface area contributed by atoms with Crippen molar-refractivity contribution in [3.05, 3.63) is 64.7 Å². The minimum Gasteiger partial charge on any atom is -0.508 e. The zero-order valence-corrected chi connectivity index (χ0v) is 11.7. The van der Waals surface area contributed by atoms with Crippen LogP contribution in [0.3, 0.4) is 0 Å². The first-order chi connectivity index (χ1) is 9.66. The molecule has 0 aromatic heterocycles. The molecule has 4 heteroatoms. The number of hydrogen-bond donors (Lipinski definition) is 2. The van der Waals surface area contributed by atoms with Crippen LogP contribution < -0.4 is 5.32 Å². The van der Waals surface area contributed by atoms with E-state index in [1.54, 1.807) is 18.2 Å². The summed E-state index contributed by atoms with van der Waals surface area (Å²) in [7, 11) is 0. The molecular formula is C16H16ClNO2. The lowest BCUT2D eigenvalue weighted by Crippen LogP contribution is -2.27. The molecule has 0 heterocycles. The highest BCUT2D eigenvalue weighted by Gasteiger charge is 2.06. The fourth-order valence-electron chi connectivity index (χ4n) is 1.94. The van der Waals surface area contributed by atoms with Gasteiger partial charge >= 0.3 is 0 Å². The number of para-hydroxylation sites is 1. The van der Waals surface area contributed by atoms with E-state index in [1.807, 2.05) is 30.3 Å². The number of carbonyl (C=O) groups excluding carboxylic acids is 1. The number of amides is 1. The maximum absolute atomic E-state index is 11.8. The molecule has 0 saturated carbocycles. The molecule has 1 amide bonds. The van der Waals surface area contributed by atoms with Crippen LogP contribution in [0.15, 0.2) is 48.5 Å². The zero-order valence-electron chi connectivity index (χ0n) is 11.0. The molecule has 0 aliphatic rings. The summed E-state index contributed by atoms with van der Waals surface area (Å²) >= 11 is 6.01. The summed E-state index contributed by atoms with van der Waals surface area (Å²) in [4.78, 5) is 11.8. The van der Waals surface area contributed by atoms with E-state index in [0.717, 1.165) is 11.1 Å². The molecule has 0 unspecified atom stereocenters. The van der Waals surface area contributed by atoms with E-state index >= 15 is 0 Å². The highest BCUT2D eigenvalue weighted by atomic mass is 35.5. The van der Waals surface area contributed by atoms with Gasteiger partial charge in [0.15, 0.2) is 0 Å². The molecule has 0 aliphatic heterocycles. The van der Waals surface area contributed by atoms with Crippen molar-refractivity contribution < 1.29 is 9.90 Å². The number of aromatic hydroxyl groups is 1. The van der Waals surface area contributed by atoms with Gasteiger partial charge in [-0.15, -0.1) is 0 Å². The third-order valence-electron chi connectivity index (χ3n) is 3.02. The Morgan fingerprint density at radius 1 is 1.05 bits per heavy atom. The highest BCUT2D eigenvalue weighted by molar-refractivity contribution is 6.31. The summed E-state index contributed by atoms with van der Waals surface area (Å²) in [6, 6.07) is 14.4. The Morgan fingerprint density at radius 3 is 2.40 bits per heavy atom. The third kappa shape index (κ3) is 4.00. The van der Waals surface area contributed by atoms with Crippen LogP contribution in [0, 0.1) is 0 Å². The van der Waals surface area contributed by atoms with Gasteiger partial charge < -0.3 is 10.4 Å². The molecule has 104 valence electrons. The minimum atomic E-state index is -0.0754. The molecule has 0 radical (unpaired) electrons. The van der Waals surface area contributed by atoms with Gasteiger partial charge in [0.05, 0.1) is 6.42 Å². The summed E-state index contributed by atoms with van der Waals surface area (Å²) in [6.45, 7) is 0.487. The molecule has 20 heavy (non-hydrogen) atoms. The maximum atomic E-state index is 11.8. The van der Waals surface area contributed by atoms with Crippen molar-refractivity contribution in [1.82, 2.24) is 5.32 Å². The van der Waals surface area contributed by atoms with Gasteiger partial charge in [-0.1, -0.05) is 48.0 Å². The fourth-order valence-corrected chi connectivity index (χ4v) is 2.14. The third-order valence-corrected chi connectivity index (χ3v) is 3.39. The number of carbonyl (C=O) groups is 1.